The van der Waals surface area contributed by atoms with E-state index in [2.05, 4.69) is 51.7 Å². The third kappa shape index (κ3) is 6.02. The highest BCUT2D eigenvalue weighted by Gasteiger charge is 2.18. The molecule has 1 atom stereocenters. The maximum Gasteiger partial charge on any atom is 0.323 e. The van der Waals surface area contributed by atoms with Crippen molar-refractivity contribution in [3.8, 4) is 6.01 Å². The van der Waals surface area contributed by atoms with Gasteiger partial charge in [-0.05, 0) is 43.0 Å². The molecule has 3 rings (SSSR count). The zero-order valence-electron chi connectivity index (χ0n) is 17.4. The predicted molar refractivity (Wildman–Crippen MR) is 113 cm³/mol. The number of nitrogens with zero attached hydrogens (tertiary/aromatic N) is 3. The maximum absolute atomic E-state index is 11.5. The molecular weight excluding hydrogens is 370 g/mol. The Kier molecular flexibility index (Phi) is 6.17. The van der Waals surface area contributed by atoms with E-state index in [1.807, 2.05) is 13.0 Å². The molecule has 0 bridgehead atoms. The molecular formula is C20H29N7O2. The molecule has 0 saturated carbocycles. The topological polar surface area (TPSA) is 127 Å². The molecule has 1 amide bonds. The molecule has 29 heavy (non-hydrogen) atoms. The summed E-state index contributed by atoms with van der Waals surface area (Å²) in [7, 11) is 0. The first-order valence-electron chi connectivity index (χ1n) is 9.73. The van der Waals surface area contributed by atoms with Crippen LogP contribution in [-0.2, 0) is 0 Å². The first kappa shape index (κ1) is 20.8. The van der Waals surface area contributed by atoms with E-state index in [4.69, 9.17) is 10.5 Å². The summed E-state index contributed by atoms with van der Waals surface area (Å²) < 4.78 is 5.81. The number of hydrogen-bond donors (Lipinski definition) is 4. The lowest BCUT2D eigenvalue weighted by atomic mass is 9.99. The first-order valence-corrected chi connectivity index (χ1v) is 9.73. The Morgan fingerprint density at radius 3 is 2.69 bits per heavy atom. The Balaban J connectivity index is 1.87. The number of anilines is 3. The Labute approximate surface area is 170 Å². The summed E-state index contributed by atoms with van der Waals surface area (Å²) in [6, 6.07) is 5.69. The minimum atomic E-state index is -0.492. The van der Waals surface area contributed by atoms with Crippen LogP contribution in [0.15, 0.2) is 18.2 Å². The molecule has 2 aromatic rings. The van der Waals surface area contributed by atoms with Crippen molar-refractivity contribution in [2.75, 3.05) is 30.3 Å². The number of rotatable bonds is 7. The van der Waals surface area contributed by atoms with Gasteiger partial charge in [0.1, 0.15) is 0 Å². The number of benzene rings is 1. The quantitative estimate of drug-likeness (QED) is 0.558. The van der Waals surface area contributed by atoms with E-state index >= 15 is 0 Å². The summed E-state index contributed by atoms with van der Waals surface area (Å²) in [6.45, 7) is 10.4. The van der Waals surface area contributed by atoms with Crippen molar-refractivity contribution in [1.29, 1.82) is 0 Å². The summed E-state index contributed by atoms with van der Waals surface area (Å²) in [5, 5.41) is 9.80. The number of hydrogen-bond acceptors (Lipinski definition) is 8. The number of nitrogens with one attached hydrogen (secondary N) is 3. The second kappa shape index (κ2) is 8.60. The van der Waals surface area contributed by atoms with E-state index < -0.39 is 5.91 Å². The molecule has 0 unspecified atom stereocenters. The fraction of sp³-hybridized carbons (Fsp3) is 0.500. The van der Waals surface area contributed by atoms with Crippen molar-refractivity contribution >= 4 is 23.5 Å². The van der Waals surface area contributed by atoms with Gasteiger partial charge in [-0.25, -0.2) is 0 Å². The number of nitrogens with two attached hydrogens (primary N) is 1. The van der Waals surface area contributed by atoms with Gasteiger partial charge in [0.2, 0.25) is 17.8 Å². The normalized spacial score (nSPS) is 16.5. The molecule has 0 spiro atoms. The monoisotopic (exact) mass is 399 g/mol. The van der Waals surface area contributed by atoms with Gasteiger partial charge < -0.3 is 26.4 Å². The molecule has 0 radical (unpaired) electrons. The van der Waals surface area contributed by atoms with Gasteiger partial charge in [0.05, 0.1) is 6.61 Å². The molecule has 1 aliphatic rings. The third-order valence-electron chi connectivity index (χ3n) is 4.41. The lowest BCUT2D eigenvalue weighted by molar-refractivity contribution is 0.100. The summed E-state index contributed by atoms with van der Waals surface area (Å²) in [5.41, 5.74) is 7.41. The summed E-state index contributed by atoms with van der Waals surface area (Å²) in [6.07, 6.45) is 0.992. The van der Waals surface area contributed by atoms with Crippen molar-refractivity contribution in [1.82, 2.24) is 20.3 Å². The van der Waals surface area contributed by atoms with Crippen molar-refractivity contribution in [2.45, 2.75) is 40.2 Å². The van der Waals surface area contributed by atoms with Crippen molar-refractivity contribution in [3.63, 3.8) is 0 Å². The maximum atomic E-state index is 11.5. The van der Waals surface area contributed by atoms with Gasteiger partial charge in [-0.3, -0.25) is 4.79 Å². The highest BCUT2D eigenvalue weighted by Crippen LogP contribution is 2.23. The molecule has 9 nitrogen and oxygen atoms in total. The average Bonchev–Trinajstić information content (AvgIpc) is 3.14. The first-order chi connectivity index (χ1) is 13.7. The van der Waals surface area contributed by atoms with Gasteiger partial charge in [-0.15, -0.1) is 0 Å². The van der Waals surface area contributed by atoms with Gasteiger partial charge in [-0.2, -0.15) is 15.0 Å². The molecule has 1 aromatic carbocycles. The number of amides is 1. The van der Waals surface area contributed by atoms with Crippen LogP contribution in [0, 0.1) is 12.3 Å². The fourth-order valence-electron chi connectivity index (χ4n) is 2.81. The summed E-state index contributed by atoms with van der Waals surface area (Å²) >= 11 is 0. The van der Waals surface area contributed by atoms with E-state index in [1.54, 1.807) is 12.1 Å². The van der Waals surface area contributed by atoms with Crippen molar-refractivity contribution in [2.24, 2.45) is 11.1 Å². The average molecular weight is 399 g/mol. The molecule has 1 saturated heterocycles. The highest BCUT2D eigenvalue weighted by molar-refractivity contribution is 5.94. The van der Waals surface area contributed by atoms with Crippen LogP contribution >= 0.6 is 0 Å². The van der Waals surface area contributed by atoms with Gasteiger partial charge in [0.25, 0.3) is 0 Å². The smallest absolute Gasteiger partial charge is 0.323 e. The zero-order chi connectivity index (χ0) is 21.0. The van der Waals surface area contributed by atoms with Crippen LogP contribution in [0.4, 0.5) is 17.6 Å². The fourth-order valence-corrected chi connectivity index (χ4v) is 2.81. The van der Waals surface area contributed by atoms with Gasteiger partial charge >= 0.3 is 6.01 Å². The van der Waals surface area contributed by atoms with Crippen molar-refractivity contribution in [3.05, 3.63) is 29.3 Å². The van der Waals surface area contributed by atoms with Crippen LogP contribution in [0.3, 0.4) is 0 Å². The Morgan fingerprint density at radius 1 is 1.28 bits per heavy atom. The number of carbonyl (C=O) groups excluding carboxylic acids is 1. The number of aromatic nitrogens is 3. The third-order valence-corrected chi connectivity index (χ3v) is 4.41. The van der Waals surface area contributed by atoms with E-state index in [1.165, 1.54) is 0 Å². The second-order valence-electron chi connectivity index (χ2n) is 8.47. The highest BCUT2D eigenvalue weighted by atomic mass is 16.5. The van der Waals surface area contributed by atoms with Gasteiger partial charge in [0, 0.05) is 23.8 Å². The standard InChI is InChI=1S/C20H29N7O2/c1-12-5-6-13(16(21)28)9-15(12)24-18-25-17(23-14-7-8-22-10-14)26-19(27-18)29-11-20(2,3)4/h5-6,9,14,22H,7-8,10-11H2,1-4H3,(H2,21,28)(H2,23,24,25,26,27)/t14-/m1/s1. The van der Waals surface area contributed by atoms with E-state index in [-0.39, 0.29) is 17.5 Å². The van der Waals surface area contributed by atoms with E-state index in [0.29, 0.717) is 29.8 Å². The van der Waals surface area contributed by atoms with Crippen LogP contribution in [0.2, 0.25) is 0 Å². The lowest BCUT2D eigenvalue weighted by Crippen LogP contribution is -2.24. The van der Waals surface area contributed by atoms with Crippen LogP contribution in [0.1, 0.15) is 43.1 Å². The second-order valence-corrected chi connectivity index (χ2v) is 8.47. The van der Waals surface area contributed by atoms with Gasteiger partial charge in [-0.1, -0.05) is 26.8 Å². The molecule has 0 aliphatic carbocycles. The summed E-state index contributed by atoms with van der Waals surface area (Å²) in [4.78, 5) is 24.8. The minimum absolute atomic E-state index is 0.0321. The van der Waals surface area contributed by atoms with Crippen LogP contribution in [-0.4, -0.2) is 46.6 Å². The van der Waals surface area contributed by atoms with E-state index in [0.717, 1.165) is 25.1 Å². The molecule has 1 aliphatic heterocycles. The number of aryl methyl sites for hydroxylation is 1. The summed E-state index contributed by atoms with van der Waals surface area (Å²) in [5.74, 6) is 0.292. The zero-order valence-corrected chi connectivity index (χ0v) is 17.4. The molecule has 5 N–H and O–H groups in total. The van der Waals surface area contributed by atoms with Gasteiger partial charge in [0.15, 0.2) is 0 Å². The van der Waals surface area contributed by atoms with Crippen LogP contribution in [0.5, 0.6) is 6.01 Å². The molecule has 1 fully saturated rings. The number of carbonyl (C=O) groups is 1. The van der Waals surface area contributed by atoms with Crippen LogP contribution < -0.4 is 26.4 Å². The van der Waals surface area contributed by atoms with E-state index in [9.17, 15) is 4.79 Å². The molecule has 9 heteroatoms. The number of ether oxygens (including phenoxy) is 1. The minimum Gasteiger partial charge on any atom is -0.463 e. The Hall–Kier alpha value is -2.94. The largest absolute Gasteiger partial charge is 0.463 e. The van der Waals surface area contributed by atoms with Crippen LogP contribution in [0.25, 0.3) is 0 Å². The van der Waals surface area contributed by atoms with Crippen molar-refractivity contribution < 1.29 is 9.53 Å². The molecule has 156 valence electrons. The molecule has 1 aromatic heterocycles. The lowest BCUT2D eigenvalue weighted by Gasteiger charge is -2.19. The Morgan fingerprint density at radius 2 is 2.03 bits per heavy atom. The molecule has 2 heterocycles. The number of primary amides is 1. The predicted octanol–water partition coefficient (Wildman–Crippen LogP) is 2.22. The SMILES string of the molecule is Cc1ccc(C(N)=O)cc1Nc1nc(N[C@@H]2CCNC2)nc(OCC(C)(C)C)n1. The Bertz CT molecular complexity index is 874.